The highest BCUT2D eigenvalue weighted by Gasteiger charge is 2.36. The lowest BCUT2D eigenvalue weighted by atomic mass is 9.86. The average Bonchev–Trinajstić information content (AvgIpc) is 3.09. The van der Waals surface area contributed by atoms with Gasteiger partial charge in [-0.15, -0.1) is 0 Å². The summed E-state index contributed by atoms with van der Waals surface area (Å²) in [5, 5.41) is 10.6. The van der Waals surface area contributed by atoms with Crippen LogP contribution in [-0.4, -0.2) is 15.6 Å². The average molecular weight is 414 g/mol. The smallest absolute Gasteiger partial charge is 0.309 e. The zero-order valence-corrected chi connectivity index (χ0v) is 17.3. The number of rotatable bonds is 4. The molecule has 2 aromatic carbocycles. The van der Waals surface area contributed by atoms with Crippen LogP contribution in [0.2, 0.25) is 10.0 Å². The molecule has 2 heterocycles. The molecule has 1 aliphatic rings. The van der Waals surface area contributed by atoms with Gasteiger partial charge in [0.15, 0.2) is 0 Å². The Hall–Kier alpha value is -2.23. The molecule has 0 saturated heterocycles. The van der Waals surface area contributed by atoms with Crippen LogP contribution in [0.1, 0.15) is 25.2 Å². The number of carboxylic acids is 1. The highest BCUT2D eigenvalue weighted by molar-refractivity contribution is 6.42. The molecular weight excluding hydrogens is 393 g/mol. The largest absolute Gasteiger partial charge is 0.481 e. The predicted molar refractivity (Wildman–Crippen MR) is 114 cm³/mol. The van der Waals surface area contributed by atoms with Gasteiger partial charge in [-0.05, 0) is 35.1 Å². The van der Waals surface area contributed by atoms with E-state index in [9.17, 15) is 9.90 Å². The summed E-state index contributed by atoms with van der Waals surface area (Å²) in [5.41, 5.74) is 6.12. The van der Waals surface area contributed by atoms with Gasteiger partial charge in [0.1, 0.15) is 0 Å². The van der Waals surface area contributed by atoms with Crippen molar-refractivity contribution in [2.45, 2.75) is 33.2 Å². The maximum Gasteiger partial charge on any atom is 0.309 e. The summed E-state index contributed by atoms with van der Waals surface area (Å²) in [4.78, 5) is 11.7. The minimum atomic E-state index is -0.842. The van der Waals surface area contributed by atoms with E-state index in [1.54, 1.807) is 6.07 Å². The van der Waals surface area contributed by atoms with Gasteiger partial charge in [0, 0.05) is 29.1 Å². The molecule has 144 valence electrons. The van der Waals surface area contributed by atoms with Crippen molar-refractivity contribution in [3.63, 3.8) is 0 Å². The van der Waals surface area contributed by atoms with Crippen LogP contribution < -0.4 is 0 Å². The van der Waals surface area contributed by atoms with Gasteiger partial charge in [0.2, 0.25) is 0 Å². The summed E-state index contributed by atoms with van der Waals surface area (Å²) >= 11 is 12.4. The van der Waals surface area contributed by atoms with E-state index in [-0.39, 0.29) is 11.8 Å². The summed E-state index contributed by atoms with van der Waals surface area (Å²) in [5.74, 6) is -0.842. The molecule has 0 bridgehead atoms. The molecule has 0 aliphatic carbocycles. The van der Waals surface area contributed by atoms with Crippen molar-refractivity contribution >= 4 is 29.2 Å². The van der Waals surface area contributed by atoms with Gasteiger partial charge in [-0.25, -0.2) is 0 Å². The molecule has 0 saturated carbocycles. The molecular formula is C23H21Cl2NO2. The Balaban J connectivity index is 2.05. The third kappa shape index (κ3) is 3.34. The van der Waals surface area contributed by atoms with Crippen molar-refractivity contribution in [2.24, 2.45) is 5.41 Å². The lowest BCUT2D eigenvalue weighted by Crippen LogP contribution is -2.15. The standard InChI is InChI=1S/C23H21Cl2NO2/c1-23(2)12-19-21(14-6-4-3-5-7-14)22(15-8-9-16(24)17(25)10-15)18(11-20(27)28)26(19)13-23/h3-10H,11-13H2,1-2H3,(H,27,28). The van der Waals surface area contributed by atoms with Crippen molar-refractivity contribution in [1.82, 2.24) is 4.57 Å². The predicted octanol–water partition coefficient (Wildman–Crippen LogP) is 6.34. The molecule has 5 heteroatoms. The molecule has 0 fully saturated rings. The first kappa shape index (κ1) is 19.1. The molecule has 3 nitrogen and oxygen atoms in total. The molecule has 0 unspecified atom stereocenters. The van der Waals surface area contributed by atoms with E-state index in [1.165, 1.54) is 5.69 Å². The van der Waals surface area contributed by atoms with Crippen molar-refractivity contribution in [3.05, 3.63) is 70.0 Å². The van der Waals surface area contributed by atoms with Crippen LogP contribution in [0.3, 0.4) is 0 Å². The third-order valence-corrected chi connectivity index (χ3v) is 6.04. The van der Waals surface area contributed by atoms with Crippen LogP contribution in [-0.2, 0) is 24.2 Å². The first-order valence-electron chi connectivity index (χ1n) is 9.24. The highest BCUT2D eigenvalue weighted by Crippen LogP contribution is 2.47. The van der Waals surface area contributed by atoms with Crippen LogP contribution >= 0.6 is 23.2 Å². The fraction of sp³-hybridized carbons (Fsp3) is 0.261. The van der Waals surface area contributed by atoms with Crippen LogP contribution in [0.15, 0.2) is 48.5 Å². The summed E-state index contributed by atoms with van der Waals surface area (Å²) in [6.07, 6.45) is 0.858. The number of hydrogen-bond donors (Lipinski definition) is 1. The molecule has 28 heavy (non-hydrogen) atoms. The van der Waals surface area contributed by atoms with E-state index < -0.39 is 5.97 Å². The van der Waals surface area contributed by atoms with Gasteiger partial charge < -0.3 is 9.67 Å². The second-order valence-corrected chi connectivity index (χ2v) is 8.95. The minimum Gasteiger partial charge on any atom is -0.481 e. The monoisotopic (exact) mass is 413 g/mol. The Morgan fingerprint density at radius 2 is 1.75 bits per heavy atom. The van der Waals surface area contributed by atoms with Gasteiger partial charge in [0.25, 0.3) is 0 Å². The summed E-state index contributed by atoms with van der Waals surface area (Å²) in [6.45, 7) is 5.24. The fourth-order valence-corrected chi connectivity index (χ4v) is 4.54. The number of benzene rings is 2. The van der Waals surface area contributed by atoms with E-state index >= 15 is 0 Å². The van der Waals surface area contributed by atoms with Crippen molar-refractivity contribution in [1.29, 1.82) is 0 Å². The second-order valence-electron chi connectivity index (χ2n) is 8.14. The molecule has 4 rings (SSSR count). The Kier molecular flexibility index (Phi) is 4.76. The van der Waals surface area contributed by atoms with E-state index in [2.05, 4.69) is 30.5 Å². The van der Waals surface area contributed by atoms with Crippen LogP contribution in [0, 0.1) is 5.41 Å². The Bertz CT molecular complexity index is 1070. The first-order valence-corrected chi connectivity index (χ1v) is 9.99. The maximum atomic E-state index is 11.7. The second kappa shape index (κ2) is 6.98. The molecule has 1 aliphatic heterocycles. The van der Waals surface area contributed by atoms with Crippen molar-refractivity contribution in [2.75, 3.05) is 0 Å². The normalized spacial score (nSPS) is 14.9. The first-order chi connectivity index (χ1) is 13.3. The van der Waals surface area contributed by atoms with Gasteiger partial charge in [0.05, 0.1) is 16.5 Å². The molecule has 1 N–H and O–H groups in total. The third-order valence-electron chi connectivity index (χ3n) is 5.30. The van der Waals surface area contributed by atoms with Gasteiger partial charge in [-0.2, -0.15) is 0 Å². The lowest BCUT2D eigenvalue weighted by molar-refractivity contribution is -0.136. The SMILES string of the molecule is CC1(C)Cc2c(-c3ccccc3)c(-c3ccc(Cl)c(Cl)c3)c(CC(=O)O)n2C1. The number of halogens is 2. The van der Waals surface area contributed by atoms with Crippen LogP contribution in [0.5, 0.6) is 0 Å². The number of aliphatic carboxylic acids is 1. The molecule has 0 spiro atoms. The summed E-state index contributed by atoms with van der Waals surface area (Å²) in [6, 6.07) is 15.7. The fourth-order valence-electron chi connectivity index (χ4n) is 4.24. The molecule has 0 radical (unpaired) electrons. The minimum absolute atomic E-state index is 0.0362. The number of fused-ring (bicyclic) bond motifs is 1. The van der Waals surface area contributed by atoms with Gasteiger partial charge >= 0.3 is 5.97 Å². The van der Waals surface area contributed by atoms with E-state index in [1.807, 2.05) is 30.3 Å². The Labute approximate surface area is 174 Å². The molecule has 0 atom stereocenters. The van der Waals surface area contributed by atoms with Gasteiger partial charge in [-0.1, -0.05) is 73.4 Å². The Morgan fingerprint density at radius 1 is 1.04 bits per heavy atom. The molecule has 1 aromatic heterocycles. The van der Waals surface area contributed by atoms with E-state index in [4.69, 9.17) is 23.2 Å². The van der Waals surface area contributed by atoms with Crippen molar-refractivity contribution in [3.8, 4) is 22.3 Å². The van der Waals surface area contributed by atoms with Gasteiger partial charge in [-0.3, -0.25) is 4.79 Å². The van der Waals surface area contributed by atoms with Crippen LogP contribution in [0.25, 0.3) is 22.3 Å². The number of carboxylic acid groups (broad SMARTS) is 1. The van der Waals surface area contributed by atoms with E-state index in [0.717, 1.165) is 40.9 Å². The summed E-state index contributed by atoms with van der Waals surface area (Å²) in [7, 11) is 0. The lowest BCUT2D eigenvalue weighted by Gasteiger charge is -2.19. The number of aromatic nitrogens is 1. The zero-order valence-electron chi connectivity index (χ0n) is 15.8. The zero-order chi connectivity index (χ0) is 20.1. The Morgan fingerprint density at radius 3 is 2.39 bits per heavy atom. The molecule has 0 amide bonds. The quantitative estimate of drug-likeness (QED) is 0.542. The van der Waals surface area contributed by atoms with Crippen LogP contribution in [0.4, 0.5) is 0 Å². The topological polar surface area (TPSA) is 42.2 Å². The maximum absolute atomic E-state index is 11.7. The number of nitrogens with zero attached hydrogens (tertiary/aromatic N) is 1. The highest BCUT2D eigenvalue weighted by atomic mass is 35.5. The summed E-state index contributed by atoms with van der Waals surface area (Å²) < 4.78 is 2.20. The molecule has 3 aromatic rings. The number of carbonyl (C=O) groups is 1. The van der Waals surface area contributed by atoms with E-state index in [0.29, 0.717) is 10.0 Å². The van der Waals surface area contributed by atoms with Crippen molar-refractivity contribution < 1.29 is 9.90 Å². The number of hydrogen-bond acceptors (Lipinski definition) is 1.